The first-order valence-electron chi connectivity index (χ1n) is 7.90. The average Bonchev–Trinajstić information content (AvgIpc) is 2.46. The summed E-state index contributed by atoms with van der Waals surface area (Å²) in [4.78, 5) is 4.33. The molecular weight excluding hydrogens is 232 g/mol. The Hall–Kier alpha value is -0.890. The van der Waals surface area contributed by atoms with E-state index in [9.17, 15) is 0 Å². The standard InChI is InChI=1S/C17H28N2/c1-4-14-6-8-15(9-7-14)17(19-5-2)16-12-18-11-10-13(16)3/h10-12,14-15,17,19H,4-9H2,1-3H3. The Labute approximate surface area is 118 Å². The number of nitrogens with one attached hydrogen (secondary N) is 1. The first kappa shape index (κ1) is 14.5. The van der Waals surface area contributed by atoms with Crippen molar-refractivity contribution in [1.82, 2.24) is 10.3 Å². The molecule has 1 heterocycles. The highest BCUT2D eigenvalue weighted by Crippen LogP contribution is 2.38. The van der Waals surface area contributed by atoms with E-state index in [-0.39, 0.29) is 0 Å². The van der Waals surface area contributed by atoms with Gasteiger partial charge in [0.2, 0.25) is 0 Å². The molecule has 0 radical (unpaired) electrons. The number of pyridine rings is 1. The van der Waals surface area contributed by atoms with Crippen LogP contribution in [0.2, 0.25) is 0 Å². The summed E-state index contributed by atoms with van der Waals surface area (Å²) in [5, 5.41) is 3.70. The van der Waals surface area contributed by atoms with Gasteiger partial charge < -0.3 is 5.32 Å². The molecule has 19 heavy (non-hydrogen) atoms. The molecule has 2 heteroatoms. The Kier molecular flexibility index (Phi) is 5.38. The zero-order valence-electron chi connectivity index (χ0n) is 12.7. The van der Waals surface area contributed by atoms with Crippen molar-refractivity contribution in [1.29, 1.82) is 0 Å². The maximum Gasteiger partial charge on any atom is 0.0366 e. The molecule has 1 unspecified atom stereocenters. The van der Waals surface area contributed by atoms with Gasteiger partial charge in [0.1, 0.15) is 0 Å². The molecule has 1 aromatic heterocycles. The Morgan fingerprint density at radius 3 is 2.58 bits per heavy atom. The normalized spacial score (nSPS) is 25.2. The van der Waals surface area contributed by atoms with Gasteiger partial charge in [0.25, 0.3) is 0 Å². The van der Waals surface area contributed by atoms with Crippen LogP contribution in [-0.2, 0) is 0 Å². The minimum absolute atomic E-state index is 0.497. The zero-order chi connectivity index (χ0) is 13.7. The first-order chi connectivity index (χ1) is 9.26. The van der Waals surface area contributed by atoms with Crippen LogP contribution in [0.4, 0.5) is 0 Å². The van der Waals surface area contributed by atoms with Crippen LogP contribution in [0.1, 0.15) is 63.1 Å². The van der Waals surface area contributed by atoms with Crippen molar-refractivity contribution in [3.05, 3.63) is 29.6 Å². The fraction of sp³-hybridized carbons (Fsp3) is 0.706. The summed E-state index contributed by atoms with van der Waals surface area (Å²) in [6, 6.07) is 2.63. The van der Waals surface area contributed by atoms with E-state index in [0.717, 1.165) is 18.4 Å². The number of hydrogen-bond donors (Lipinski definition) is 1. The summed E-state index contributed by atoms with van der Waals surface area (Å²) in [7, 11) is 0. The highest BCUT2D eigenvalue weighted by Gasteiger charge is 2.28. The topological polar surface area (TPSA) is 24.9 Å². The molecule has 1 saturated carbocycles. The predicted molar refractivity (Wildman–Crippen MR) is 81.1 cm³/mol. The molecular formula is C17H28N2. The lowest BCUT2D eigenvalue weighted by Crippen LogP contribution is -2.31. The minimum atomic E-state index is 0.497. The van der Waals surface area contributed by atoms with Gasteiger partial charge in [-0.2, -0.15) is 0 Å². The van der Waals surface area contributed by atoms with Crippen molar-refractivity contribution in [2.24, 2.45) is 11.8 Å². The molecule has 0 spiro atoms. The molecule has 1 aliphatic carbocycles. The van der Waals surface area contributed by atoms with Gasteiger partial charge in [-0.05, 0) is 55.3 Å². The summed E-state index contributed by atoms with van der Waals surface area (Å²) in [6.45, 7) is 7.78. The molecule has 1 atom stereocenters. The van der Waals surface area contributed by atoms with E-state index in [2.05, 4.69) is 43.3 Å². The van der Waals surface area contributed by atoms with Gasteiger partial charge >= 0.3 is 0 Å². The van der Waals surface area contributed by atoms with Crippen molar-refractivity contribution >= 4 is 0 Å². The second kappa shape index (κ2) is 7.04. The molecule has 1 aliphatic rings. The molecule has 0 aromatic carbocycles. The molecule has 0 aliphatic heterocycles. The van der Waals surface area contributed by atoms with Crippen LogP contribution in [0.15, 0.2) is 18.5 Å². The minimum Gasteiger partial charge on any atom is -0.310 e. The van der Waals surface area contributed by atoms with Crippen LogP contribution in [0.25, 0.3) is 0 Å². The number of rotatable bonds is 5. The van der Waals surface area contributed by atoms with Crippen LogP contribution < -0.4 is 5.32 Å². The third kappa shape index (κ3) is 3.56. The molecule has 1 aromatic rings. The molecule has 0 amide bonds. The van der Waals surface area contributed by atoms with E-state index in [1.165, 1.54) is 43.2 Å². The van der Waals surface area contributed by atoms with Crippen molar-refractivity contribution in [3.63, 3.8) is 0 Å². The number of aromatic nitrogens is 1. The smallest absolute Gasteiger partial charge is 0.0366 e. The lowest BCUT2D eigenvalue weighted by Gasteiger charge is -2.34. The number of hydrogen-bond acceptors (Lipinski definition) is 2. The molecule has 0 bridgehead atoms. The molecule has 2 rings (SSSR count). The average molecular weight is 260 g/mol. The summed E-state index contributed by atoms with van der Waals surface area (Å²) >= 11 is 0. The van der Waals surface area contributed by atoms with Crippen LogP contribution in [0, 0.1) is 18.8 Å². The maximum atomic E-state index is 4.33. The molecule has 106 valence electrons. The van der Waals surface area contributed by atoms with Gasteiger partial charge in [0.05, 0.1) is 0 Å². The van der Waals surface area contributed by atoms with E-state index in [1.807, 2.05) is 6.20 Å². The molecule has 1 N–H and O–H groups in total. The summed E-state index contributed by atoms with van der Waals surface area (Å²) < 4.78 is 0. The maximum absolute atomic E-state index is 4.33. The van der Waals surface area contributed by atoms with E-state index >= 15 is 0 Å². The monoisotopic (exact) mass is 260 g/mol. The third-order valence-corrected chi connectivity index (χ3v) is 4.78. The Balaban J connectivity index is 2.10. The summed E-state index contributed by atoms with van der Waals surface area (Å²) in [5.41, 5.74) is 2.78. The SMILES string of the molecule is CCNC(c1cnccc1C)C1CCC(CC)CC1. The van der Waals surface area contributed by atoms with Gasteiger partial charge in [-0.15, -0.1) is 0 Å². The highest BCUT2D eigenvalue weighted by molar-refractivity contribution is 5.25. The largest absolute Gasteiger partial charge is 0.310 e. The second-order valence-corrected chi connectivity index (χ2v) is 5.96. The van der Waals surface area contributed by atoms with Crippen LogP contribution in [-0.4, -0.2) is 11.5 Å². The van der Waals surface area contributed by atoms with Crippen molar-refractivity contribution in [3.8, 4) is 0 Å². The Morgan fingerprint density at radius 2 is 2.00 bits per heavy atom. The van der Waals surface area contributed by atoms with Crippen molar-refractivity contribution in [2.45, 2.75) is 58.9 Å². The van der Waals surface area contributed by atoms with Gasteiger partial charge in [-0.3, -0.25) is 4.98 Å². The summed E-state index contributed by atoms with van der Waals surface area (Å²) in [5.74, 6) is 1.75. The van der Waals surface area contributed by atoms with Gasteiger partial charge in [0, 0.05) is 18.4 Å². The van der Waals surface area contributed by atoms with Gasteiger partial charge in [0.15, 0.2) is 0 Å². The predicted octanol–water partition coefficient (Wildman–Crippen LogP) is 4.26. The van der Waals surface area contributed by atoms with E-state index in [0.29, 0.717) is 6.04 Å². The van der Waals surface area contributed by atoms with Gasteiger partial charge in [-0.1, -0.05) is 33.1 Å². The lowest BCUT2D eigenvalue weighted by molar-refractivity contribution is 0.219. The fourth-order valence-corrected chi connectivity index (χ4v) is 3.48. The van der Waals surface area contributed by atoms with E-state index in [4.69, 9.17) is 0 Å². The zero-order valence-corrected chi connectivity index (χ0v) is 12.7. The van der Waals surface area contributed by atoms with Crippen molar-refractivity contribution < 1.29 is 0 Å². The highest BCUT2D eigenvalue weighted by atomic mass is 14.9. The molecule has 1 fully saturated rings. The van der Waals surface area contributed by atoms with Crippen LogP contribution >= 0.6 is 0 Å². The lowest BCUT2D eigenvalue weighted by atomic mass is 9.75. The third-order valence-electron chi connectivity index (χ3n) is 4.78. The quantitative estimate of drug-likeness (QED) is 0.855. The number of nitrogens with zero attached hydrogens (tertiary/aromatic N) is 1. The van der Waals surface area contributed by atoms with E-state index in [1.54, 1.807) is 0 Å². The second-order valence-electron chi connectivity index (χ2n) is 5.96. The number of aryl methyl sites for hydroxylation is 1. The van der Waals surface area contributed by atoms with Crippen LogP contribution in [0.5, 0.6) is 0 Å². The first-order valence-corrected chi connectivity index (χ1v) is 7.90. The van der Waals surface area contributed by atoms with E-state index < -0.39 is 0 Å². The van der Waals surface area contributed by atoms with Crippen LogP contribution in [0.3, 0.4) is 0 Å². The fourth-order valence-electron chi connectivity index (χ4n) is 3.48. The van der Waals surface area contributed by atoms with Crippen molar-refractivity contribution in [2.75, 3.05) is 6.54 Å². The molecule has 0 saturated heterocycles. The molecule has 2 nitrogen and oxygen atoms in total. The Morgan fingerprint density at radius 1 is 1.26 bits per heavy atom. The Bertz CT molecular complexity index is 381. The summed E-state index contributed by atoms with van der Waals surface area (Å²) in [6.07, 6.45) is 10.9. The van der Waals surface area contributed by atoms with Gasteiger partial charge in [-0.25, -0.2) is 0 Å².